The van der Waals surface area contributed by atoms with Gasteiger partial charge in [-0.15, -0.1) is 0 Å². The molecule has 0 spiro atoms. The van der Waals surface area contributed by atoms with Crippen molar-refractivity contribution in [1.29, 1.82) is 0 Å². The minimum atomic E-state index is -0.584. The van der Waals surface area contributed by atoms with Crippen LogP contribution in [-0.4, -0.2) is 6.17 Å². The van der Waals surface area contributed by atoms with Gasteiger partial charge in [0, 0.05) is 0 Å². The Balaban J connectivity index is 3.16. The molecule has 0 rings (SSSR count). The van der Waals surface area contributed by atoms with Crippen LogP contribution in [0.4, 0.5) is 4.39 Å². The molecule has 0 aliphatic carbocycles. The predicted molar refractivity (Wildman–Crippen MR) is 57.7 cm³/mol. The summed E-state index contributed by atoms with van der Waals surface area (Å²) in [6, 6.07) is 0. The Bertz CT molecular complexity index is 108. The molecule has 0 aromatic heterocycles. The predicted octanol–water partition coefficient (Wildman–Crippen LogP) is 4.59. The highest BCUT2D eigenvalue weighted by molar-refractivity contribution is 4.60. The van der Waals surface area contributed by atoms with E-state index in [1.807, 2.05) is 13.8 Å². The van der Waals surface area contributed by atoms with E-state index in [1.165, 1.54) is 19.3 Å². The van der Waals surface area contributed by atoms with Gasteiger partial charge < -0.3 is 0 Å². The van der Waals surface area contributed by atoms with E-state index in [0.717, 1.165) is 18.8 Å². The molecular weight excluding hydrogens is 163 g/mol. The molecule has 0 aromatic carbocycles. The lowest BCUT2D eigenvalue weighted by atomic mass is 10.00. The van der Waals surface area contributed by atoms with Gasteiger partial charge in [-0.2, -0.15) is 0 Å². The van der Waals surface area contributed by atoms with E-state index in [9.17, 15) is 4.39 Å². The molecule has 0 nitrogen and oxygen atoms in total. The van der Waals surface area contributed by atoms with Gasteiger partial charge in [-0.05, 0) is 18.3 Å². The molecule has 1 heteroatoms. The minimum absolute atomic E-state index is 0.199. The summed E-state index contributed by atoms with van der Waals surface area (Å²) in [4.78, 5) is 0. The first-order chi connectivity index (χ1) is 6.04. The van der Waals surface area contributed by atoms with Crippen LogP contribution in [0.25, 0.3) is 0 Å². The van der Waals surface area contributed by atoms with Gasteiger partial charge in [-0.1, -0.05) is 53.4 Å². The van der Waals surface area contributed by atoms with Crippen molar-refractivity contribution in [1.82, 2.24) is 0 Å². The van der Waals surface area contributed by atoms with Gasteiger partial charge in [0.25, 0.3) is 0 Å². The first-order valence-electron chi connectivity index (χ1n) is 5.68. The quantitative estimate of drug-likeness (QED) is 0.513. The number of alkyl halides is 1. The Kier molecular flexibility index (Phi) is 7.31. The Labute approximate surface area is 82.9 Å². The zero-order valence-electron chi connectivity index (χ0n) is 9.65. The topological polar surface area (TPSA) is 0 Å². The van der Waals surface area contributed by atoms with Crippen LogP contribution < -0.4 is 0 Å². The summed E-state index contributed by atoms with van der Waals surface area (Å²) in [5.74, 6) is 0.997. The molecule has 1 unspecified atom stereocenters. The van der Waals surface area contributed by atoms with Crippen molar-refractivity contribution in [3.63, 3.8) is 0 Å². The molecule has 80 valence electrons. The summed E-state index contributed by atoms with van der Waals surface area (Å²) >= 11 is 0. The van der Waals surface area contributed by atoms with Crippen LogP contribution in [0.5, 0.6) is 0 Å². The van der Waals surface area contributed by atoms with Crippen molar-refractivity contribution in [3.8, 4) is 0 Å². The summed E-state index contributed by atoms with van der Waals surface area (Å²) < 4.78 is 13.1. The third kappa shape index (κ3) is 8.27. The monoisotopic (exact) mass is 188 g/mol. The number of unbranched alkanes of at least 4 members (excludes halogenated alkanes) is 2. The highest BCUT2D eigenvalue weighted by Crippen LogP contribution is 2.16. The van der Waals surface area contributed by atoms with Crippen molar-refractivity contribution in [3.05, 3.63) is 0 Å². The molecule has 0 saturated carbocycles. The summed E-state index contributed by atoms with van der Waals surface area (Å²) in [7, 11) is 0. The number of hydrogen-bond acceptors (Lipinski definition) is 0. The number of hydrogen-bond donors (Lipinski definition) is 0. The van der Waals surface area contributed by atoms with Crippen molar-refractivity contribution >= 4 is 0 Å². The van der Waals surface area contributed by atoms with Gasteiger partial charge in [-0.3, -0.25) is 0 Å². The SMILES string of the molecule is CC(C)CCCCCC(F)C(C)C. The molecule has 0 radical (unpaired) electrons. The fourth-order valence-corrected chi connectivity index (χ4v) is 1.40. The Morgan fingerprint density at radius 3 is 1.85 bits per heavy atom. The minimum Gasteiger partial charge on any atom is -0.247 e. The van der Waals surface area contributed by atoms with Crippen LogP contribution in [-0.2, 0) is 0 Å². The Morgan fingerprint density at radius 1 is 0.846 bits per heavy atom. The lowest BCUT2D eigenvalue weighted by Crippen LogP contribution is -2.08. The van der Waals surface area contributed by atoms with Crippen molar-refractivity contribution < 1.29 is 4.39 Å². The summed E-state index contributed by atoms with van der Waals surface area (Å²) in [6.07, 6.45) is 4.99. The van der Waals surface area contributed by atoms with E-state index < -0.39 is 6.17 Å². The molecule has 0 aliphatic heterocycles. The second-order valence-corrected chi connectivity index (χ2v) is 4.79. The fourth-order valence-electron chi connectivity index (χ4n) is 1.40. The molecule has 0 amide bonds. The van der Waals surface area contributed by atoms with Gasteiger partial charge in [0.05, 0.1) is 0 Å². The van der Waals surface area contributed by atoms with Crippen molar-refractivity contribution in [2.75, 3.05) is 0 Å². The van der Waals surface area contributed by atoms with Crippen molar-refractivity contribution in [2.24, 2.45) is 11.8 Å². The molecule has 0 aliphatic rings. The number of halogens is 1. The summed E-state index contributed by atoms with van der Waals surface area (Å²) in [6.45, 7) is 8.40. The third-order valence-corrected chi connectivity index (χ3v) is 2.48. The van der Waals surface area contributed by atoms with Crippen molar-refractivity contribution in [2.45, 2.75) is 66.0 Å². The second-order valence-electron chi connectivity index (χ2n) is 4.79. The fraction of sp³-hybridized carbons (Fsp3) is 1.00. The molecule has 1 atom stereocenters. The lowest BCUT2D eigenvalue weighted by molar-refractivity contribution is 0.233. The van der Waals surface area contributed by atoms with E-state index in [4.69, 9.17) is 0 Å². The van der Waals surface area contributed by atoms with Crippen LogP contribution in [0.15, 0.2) is 0 Å². The van der Waals surface area contributed by atoms with E-state index in [1.54, 1.807) is 0 Å². The smallest absolute Gasteiger partial charge is 0.102 e. The largest absolute Gasteiger partial charge is 0.247 e. The van der Waals surface area contributed by atoms with Crippen LogP contribution in [0.2, 0.25) is 0 Å². The highest BCUT2D eigenvalue weighted by Gasteiger charge is 2.10. The Morgan fingerprint density at radius 2 is 1.38 bits per heavy atom. The summed E-state index contributed by atoms with van der Waals surface area (Å²) in [5, 5.41) is 0. The maximum absolute atomic E-state index is 13.1. The van der Waals surface area contributed by atoms with Crippen LogP contribution in [0, 0.1) is 11.8 Å². The molecule has 0 heterocycles. The maximum Gasteiger partial charge on any atom is 0.102 e. The zero-order valence-corrected chi connectivity index (χ0v) is 9.65. The van der Waals surface area contributed by atoms with Gasteiger partial charge >= 0.3 is 0 Å². The first-order valence-corrected chi connectivity index (χ1v) is 5.68. The Hall–Kier alpha value is -0.0700. The van der Waals surface area contributed by atoms with Gasteiger partial charge in [0.1, 0.15) is 6.17 Å². The normalized spacial score (nSPS) is 14.1. The maximum atomic E-state index is 13.1. The number of rotatable bonds is 7. The lowest BCUT2D eigenvalue weighted by Gasteiger charge is -2.11. The molecule has 0 bridgehead atoms. The molecular formula is C12H25F. The van der Waals surface area contributed by atoms with E-state index in [-0.39, 0.29) is 5.92 Å². The summed E-state index contributed by atoms with van der Waals surface area (Å²) in [5.41, 5.74) is 0. The van der Waals surface area contributed by atoms with E-state index >= 15 is 0 Å². The van der Waals surface area contributed by atoms with E-state index in [0.29, 0.717) is 0 Å². The third-order valence-electron chi connectivity index (χ3n) is 2.48. The molecule has 13 heavy (non-hydrogen) atoms. The average molecular weight is 188 g/mol. The molecule has 0 aromatic rings. The second kappa shape index (κ2) is 7.34. The van der Waals surface area contributed by atoms with Crippen LogP contribution >= 0.6 is 0 Å². The van der Waals surface area contributed by atoms with Gasteiger partial charge in [0.15, 0.2) is 0 Å². The van der Waals surface area contributed by atoms with Gasteiger partial charge in [-0.25, -0.2) is 4.39 Å². The molecule has 0 N–H and O–H groups in total. The highest BCUT2D eigenvalue weighted by atomic mass is 19.1. The zero-order chi connectivity index (χ0) is 10.3. The first kappa shape index (κ1) is 12.9. The van der Waals surface area contributed by atoms with Crippen LogP contribution in [0.3, 0.4) is 0 Å². The molecule has 0 fully saturated rings. The van der Waals surface area contributed by atoms with Crippen LogP contribution in [0.1, 0.15) is 59.8 Å². The average Bonchev–Trinajstić information content (AvgIpc) is 2.02. The molecule has 0 saturated heterocycles. The van der Waals surface area contributed by atoms with Gasteiger partial charge in [0.2, 0.25) is 0 Å². The van der Waals surface area contributed by atoms with E-state index in [2.05, 4.69) is 13.8 Å². The standard InChI is InChI=1S/C12H25F/c1-10(2)8-6-5-7-9-12(13)11(3)4/h10-12H,5-9H2,1-4H3.